The molecule has 1 fully saturated rings. The molecule has 1 atom stereocenters. The van der Waals surface area contributed by atoms with Crippen LogP contribution in [-0.4, -0.2) is 27.5 Å². The Kier molecular flexibility index (Phi) is 5.85. The zero-order valence-electron chi connectivity index (χ0n) is 11.9. The van der Waals surface area contributed by atoms with E-state index < -0.39 is 10.0 Å². The molecular formula is C15H18BrClN2O2S. The topological polar surface area (TPSA) is 58.2 Å². The molecule has 0 amide bonds. The van der Waals surface area contributed by atoms with Gasteiger partial charge in [0.25, 0.3) is 0 Å². The number of rotatable bonds is 4. The number of hydrogen-bond donors (Lipinski definition) is 2. The molecule has 1 aliphatic heterocycles. The number of benzene rings is 2. The van der Waals surface area contributed by atoms with Crippen LogP contribution in [0.4, 0.5) is 0 Å². The van der Waals surface area contributed by atoms with Crippen molar-refractivity contribution in [2.45, 2.75) is 23.8 Å². The van der Waals surface area contributed by atoms with Crippen molar-refractivity contribution in [3.05, 3.63) is 40.9 Å². The van der Waals surface area contributed by atoms with Crippen molar-refractivity contribution in [1.29, 1.82) is 0 Å². The molecule has 1 aliphatic rings. The quantitative estimate of drug-likeness (QED) is 0.822. The van der Waals surface area contributed by atoms with Crippen molar-refractivity contribution < 1.29 is 8.42 Å². The minimum absolute atomic E-state index is 0. The summed E-state index contributed by atoms with van der Waals surface area (Å²) in [6.07, 6.45) is 2.13. The lowest BCUT2D eigenvalue weighted by Crippen LogP contribution is -2.37. The minimum Gasteiger partial charge on any atom is -0.313 e. The first-order chi connectivity index (χ1) is 10.0. The predicted octanol–water partition coefficient (Wildman–Crippen LogP) is 3.05. The van der Waals surface area contributed by atoms with Crippen molar-refractivity contribution in [3.63, 3.8) is 0 Å². The maximum absolute atomic E-state index is 12.4. The van der Waals surface area contributed by atoms with Gasteiger partial charge in [-0.3, -0.25) is 0 Å². The second-order valence-corrected chi connectivity index (χ2v) is 7.98. The second kappa shape index (κ2) is 7.27. The number of hydrogen-bond acceptors (Lipinski definition) is 3. The molecule has 0 bridgehead atoms. The van der Waals surface area contributed by atoms with Crippen LogP contribution in [0.2, 0.25) is 0 Å². The standard InChI is InChI=1S/C15H17BrN2O2S.ClH/c16-13-5-3-12-9-15(6-4-11(12)8-13)21(19,20)18-10-14-2-1-7-17-14;/h3-6,8-9,14,17-18H,1-2,7,10H2;1H. The van der Waals surface area contributed by atoms with Crippen LogP contribution in [0.1, 0.15) is 12.8 Å². The molecule has 0 aliphatic carbocycles. The fourth-order valence-electron chi connectivity index (χ4n) is 2.59. The molecule has 3 rings (SSSR count). The van der Waals surface area contributed by atoms with E-state index in [0.717, 1.165) is 34.6 Å². The van der Waals surface area contributed by atoms with E-state index in [9.17, 15) is 8.42 Å². The van der Waals surface area contributed by atoms with Gasteiger partial charge in [-0.2, -0.15) is 0 Å². The van der Waals surface area contributed by atoms with Crippen molar-refractivity contribution >= 4 is 49.1 Å². The highest BCUT2D eigenvalue weighted by molar-refractivity contribution is 9.10. The van der Waals surface area contributed by atoms with Crippen molar-refractivity contribution in [2.24, 2.45) is 0 Å². The molecule has 4 nitrogen and oxygen atoms in total. The fourth-order valence-corrected chi connectivity index (χ4v) is 4.08. The SMILES string of the molecule is Cl.O=S(=O)(NCC1CCCN1)c1ccc2cc(Br)ccc2c1. The third kappa shape index (κ3) is 4.00. The molecular weight excluding hydrogens is 388 g/mol. The van der Waals surface area contributed by atoms with Gasteiger partial charge in [-0.25, -0.2) is 13.1 Å². The van der Waals surface area contributed by atoms with Crippen LogP contribution >= 0.6 is 28.3 Å². The van der Waals surface area contributed by atoms with Crippen LogP contribution < -0.4 is 10.0 Å². The highest BCUT2D eigenvalue weighted by atomic mass is 79.9. The smallest absolute Gasteiger partial charge is 0.240 e. The number of fused-ring (bicyclic) bond motifs is 1. The fraction of sp³-hybridized carbons (Fsp3) is 0.333. The molecule has 1 heterocycles. The Bertz CT molecular complexity index is 761. The Morgan fingerprint density at radius 3 is 2.64 bits per heavy atom. The summed E-state index contributed by atoms with van der Waals surface area (Å²) in [6, 6.07) is 11.2. The van der Waals surface area contributed by atoms with Crippen LogP contribution in [0, 0.1) is 0 Å². The highest BCUT2D eigenvalue weighted by Gasteiger charge is 2.19. The van der Waals surface area contributed by atoms with Gasteiger partial charge in [-0.15, -0.1) is 12.4 Å². The van der Waals surface area contributed by atoms with E-state index in [2.05, 4.69) is 26.0 Å². The third-order valence-electron chi connectivity index (χ3n) is 3.77. The molecule has 2 aromatic carbocycles. The third-order valence-corrected chi connectivity index (χ3v) is 5.68. The largest absolute Gasteiger partial charge is 0.313 e. The molecule has 1 unspecified atom stereocenters. The lowest BCUT2D eigenvalue weighted by atomic mass is 10.1. The van der Waals surface area contributed by atoms with Gasteiger partial charge in [0, 0.05) is 17.1 Å². The monoisotopic (exact) mass is 404 g/mol. The number of sulfonamides is 1. The summed E-state index contributed by atoms with van der Waals surface area (Å²) in [5.41, 5.74) is 0. The first kappa shape index (κ1) is 17.7. The average molecular weight is 406 g/mol. The maximum atomic E-state index is 12.4. The van der Waals surface area contributed by atoms with Gasteiger partial charge in [-0.1, -0.05) is 28.1 Å². The molecule has 0 saturated carbocycles. The van der Waals surface area contributed by atoms with E-state index in [1.807, 2.05) is 24.3 Å². The summed E-state index contributed by atoms with van der Waals surface area (Å²) < 4.78 is 28.4. The molecule has 7 heteroatoms. The zero-order valence-corrected chi connectivity index (χ0v) is 15.1. The van der Waals surface area contributed by atoms with Crippen molar-refractivity contribution in [1.82, 2.24) is 10.0 Å². The summed E-state index contributed by atoms with van der Waals surface area (Å²) in [7, 11) is -3.45. The van der Waals surface area contributed by atoms with Crippen LogP contribution in [0.3, 0.4) is 0 Å². The lowest BCUT2D eigenvalue weighted by molar-refractivity contribution is 0.552. The highest BCUT2D eigenvalue weighted by Crippen LogP contribution is 2.22. The lowest BCUT2D eigenvalue weighted by Gasteiger charge is -2.12. The average Bonchev–Trinajstić information content (AvgIpc) is 2.98. The normalized spacial score (nSPS) is 18.3. The number of nitrogens with one attached hydrogen (secondary N) is 2. The Morgan fingerprint density at radius 2 is 1.91 bits per heavy atom. The molecule has 0 radical (unpaired) electrons. The molecule has 22 heavy (non-hydrogen) atoms. The molecule has 120 valence electrons. The van der Waals surface area contributed by atoms with Crippen LogP contribution in [0.15, 0.2) is 45.8 Å². The van der Waals surface area contributed by atoms with Gasteiger partial charge in [0.1, 0.15) is 0 Å². The van der Waals surface area contributed by atoms with E-state index in [4.69, 9.17) is 0 Å². The predicted molar refractivity (Wildman–Crippen MR) is 95.1 cm³/mol. The summed E-state index contributed by atoms with van der Waals surface area (Å²) in [6.45, 7) is 1.41. The summed E-state index contributed by atoms with van der Waals surface area (Å²) in [5.74, 6) is 0. The Labute approximate surface area is 145 Å². The van der Waals surface area contributed by atoms with Gasteiger partial charge in [0.2, 0.25) is 10.0 Å². The van der Waals surface area contributed by atoms with E-state index in [0.29, 0.717) is 11.4 Å². The summed E-state index contributed by atoms with van der Waals surface area (Å²) in [4.78, 5) is 0.315. The maximum Gasteiger partial charge on any atom is 0.240 e. The van der Waals surface area contributed by atoms with Gasteiger partial charge < -0.3 is 5.32 Å². The van der Waals surface area contributed by atoms with E-state index in [-0.39, 0.29) is 18.4 Å². The van der Waals surface area contributed by atoms with Gasteiger partial charge in [0.05, 0.1) is 4.90 Å². The first-order valence-corrected chi connectivity index (χ1v) is 9.25. The van der Waals surface area contributed by atoms with Crippen LogP contribution in [-0.2, 0) is 10.0 Å². The molecule has 1 saturated heterocycles. The Hall–Kier alpha value is -0.660. The van der Waals surface area contributed by atoms with Gasteiger partial charge in [-0.05, 0) is 54.4 Å². The van der Waals surface area contributed by atoms with Gasteiger partial charge >= 0.3 is 0 Å². The summed E-state index contributed by atoms with van der Waals surface area (Å²) in [5, 5.41) is 5.22. The van der Waals surface area contributed by atoms with Crippen LogP contribution in [0.5, 0.6) is 0 Å². The van der Waals surface area contributed by atoms with Gasteiger partial charge in [0.15, 0.2) is 0 Å². The molecule has 2 N–H and O–H groups in total. The first-order valence-electron chi connectivity index (χ1n) is 6.97. The zero-order chi connectivity index (χ0) is 14.9. The molecule has 2 aromatic rings. The van der Waals surface area contributed by atoms with E-state index in [1.54, 1.807) is 12.1 Å². The molecule has 0 spiro atoms. The Balaban J connectivity index is 0.00000176. The van der Waals surface area contributed by atoms with Crippen molar-refractivity contribution in [2.75, 3.05) is 13.1 Å². The van der Waals surface area contributed by atoms with E-state index in [1.165, 1.54) is 0 Å². The Morgan fingerprint density at radius 1 is 1.18 bits per heavy atom. The van der Waals surface area contributed by atoms with Crippen molar-refractivity contribution in [3.8, 4) is 0 Å². The molecule has 0 aromatic heterocycles. The minimum atomic E-state index is -3.45. The second-order valence-electron chi connectivity index (χ2n) is 5.30. The van der Waals surface area contributed by atoms with Crippen LogP contribution in [0.25, 0.3) is 10.8 Å². The summed E-state index contributed by atoms with van der Waals surface area (Å²) >= 11 is 3.42. The van der Waals surface area contributed by atoms with E-state index >= 15 is 0 Å². The number of halogens is 2.